The number of benzene rings is 2. The molecule has 0 aliphatic carbocycles. The number of carboxylic acid groups (broad SMARTS) is 2. The highest BCUT2D eigenvalue weighted by Crippen LogP contribution is 2.20. The second-order valence-electron chi connectivity index (χ2n) is 24.1. The summed E-state index contributed by atoms with van der Waals surface area (Å²) >= 11 is 0. The van der Waals surface area contributed by atoms with E-state index in [2.05, 4.69) is 68.8 Å². The van der Waals surface area contributed by atoms with E-state index in [1.54, 1.807) is 102 Å². The van der Waals surface area contributed by atoms with E-state index < -0.39 is 200 Å². The number of nitrogens with two attached hydrogens (primary N) is 3. The first-order valence-corrected chi connectivity index (χ1v) is 31.8. The average molecular weight is 1370 g/mol. The van der Waals surface area contributed by atoms with Crippen molar-refractivity contribution in [3.05, 3.63) is 71.9 Å². The molecule has 0 fully saturated rings. The van der Waals surface area contributed by atoms with Crippen LogP contribution < -0.4 is 81.0 Å². The number of hydrogen-bond acceptors (Lipinski definition) is 19. The van der Waals surface area contributed by atoms with Gasteiger partial charge in [-0.3, -0.25) is 67.1 Å². The number of nitrogens with one attached hydrogen (secondary N) is 13. The summed E-state index contributed by atoms with van der Waals surface area (Å²) in [6.07, 6.45) is -0.420. The van der Waals surface area contributed by atoms with Gasteiger partial charge in [0.05, 0.1) is 25.8 Å². The Bertz CT molecular complexity index is 3200. The van der Waals surface area contributed by atoms with E-state index in [0.29, 0.717) is 28.5 Å². The molecule has 0 saturated carbocycles. The number of amides is 12. The van der Waals surface area contributed by atoms with Crippen LogP contribution in [0.5, 0.6) is 0 Å². The number of aliphatic hydroxyl groups is 2. The molecule has 3 aromatic rings. The summed E-state index contributed by atoms with van der Waals surface area (Å²) in [6, 6.07) is -2.48. The predicted octanol–water partition coefficient (Wildman–Crippen LogP) is -5.24. The number of aliphatic hydroxyl groups excluding tert-OH is 2. The molecule has 0 unspecified atom stereocenters. The summed E-state index contributed by atoms with van der Waals surface area (Å²) in [5.41, 5.74) is 19.2. The topological polar surface area (TPSA) is 558 Å². The second-order valence-corrected chi connectivity index (χ2v) is 24.1. The Morgan fingerprint density at radius 1 is 0.464 bits per heavy atom. The zero-order valence-corrected chi connectivity index (χ0v) is 55.7. The predicted molar refractivity (Wildman–Crippen MR) is 351 cm³/mol. The molecule has 1 aromatic heterocycles. The van der Waals surface area contributed by atoms with Crippen molar-refractivity contribution in [2.75, 3.05) is 32.8 Å². The van der Waals surface area contributed by atoms with Crippen LogP contribution in [-0.4, -0.2) is 214 Å². The first-order valence-electron chi connectivity index (χ1n) is 31.8. The third-order valence-corrected chi connectivity index (χ3v) is 15.7. The zero-order valence-electron chi connectivity index (χ0n) is 55.7. The van der Waals surface area contributed by atoms with Crippen LogP contribution in [0.2, 0.25) is 0 Å². The third-order valence-electron chi connectivity index (χ3n) is 15.7. The number of aromatic amines is 1. The molecule has 0 aliphatic rings. The van der Waals surface area contributed by atoms with Gasteiger partial charge in [0.15, 0.2) is 0 Å². The van der Waals surface area contributed by atoms with E-state index in [0.717, 1.165) is 0 Å². The van der Waals surface area contributed by atoms with Crippen molar-refractivity contribution in [3.8, 4) is 0 Å². The van der Waals surface area contributed by atoms with E-state index in [1.165, 1.54) is 13.8 Å². The first kappa shape index (κ1) is 81.6. The number of para-hydroxylation sites is 1. The van der Waals surface area contributed by atoms with Crippen molar-refractivity contribution in [2.45, 2.75) is 173 Å². The minimum Gasteiger partial charge on any atom is -0.481 e. The van der Waals surface area contributed by atoms with Crippen molar-refractivity contribution < 1.29 is 87.5 Å². The van der Waals surface area contributed by atoms with Gasteiger partial charge in [-0.2, -0.15) is 0 Å². The first-order chi connectivity index (χ1) is 45.8. The summed E-state index contributed by atoms with van der Waals surface area (Å²) in [6.45, 7) is 9.17. The highest BCUT2D eigenvalue weighted by Gasteiger charge is 2.38. The van der Waals surface area contributed by atoms with Gasteiger partial charge >= 0.3 is 11.9 Å². The molecule has 0 radical (unpaired) electrons. The quantitative estimate of drug-likeness (QED) is 0.0252. The highest BCUT2D eigenvalue weighted by atomic mass is 16.4. The lowest BCUT2D eigenvalue weighted by Crippen LogP contribution is -2.62. The van der Waals surface area contributed by atoms with Crippen LogP contribution in [0, 0.1) is 17.8 Å². The number of fused-ring (bicyclic) bond motifs is 1. The van der Waals surface area contributed by atoms with Crippen molar-refractivity contribution in [1.29, 1.82) is 0 Å². The van der Waals surface area contributed by atoms with Gasteiger partial charge < -0.3 is 106 Å². The fourth-order valence-corrected chi connectivity index (χ4v) is 9.56. The number of rotatable bonds is 42. The number of carboxylic acids is 2. The molecule has 2 aromatic carbocycles. The van der Waals surface area contributed by atoms with Gasteiger partial charge in [-0.15, -0.1) is 0 Å². The van der Waals surface area contributed by atoms with Crippen molar-refractivity contribution in [2.24, 2.45) is 35.0 Å². The number of hydrogen-bond donors (Lipinski definition) is 20. The van der Waals surface area contributed by atoms with E-state index >= 15 is 0 Å². The number of aliphatic carboxylic acids is 2. The minimum atomic E-state index is -1.85. The number of carbonyl (C=O) groups is 14. The van der Waals surface area contributed by atoms with Gasteiger partial charge in [-0.25, -0.2) is 0 Å². The standard InChI is InChI=1S/C63H96N16O18/c1-9-33(6)51(62(95)70-35(8)63(96)97)79-61(94)50(32(4)5)78-55(88)40(19-20-48(83)84)72-56(89)43(25-36-15-11-10-12-16-36)75-54(87)42(22-24-65)73-53(86)41(21-23-64)74-59(92)46(30-81)77-57(90)44(26-37-27-67-39-18-14-13-17-38(37)39)76-58(91)45(29-80)71-47(82)28-68-52(85)34(7)69-60(93)49(66)31(2)3/h10-18,27,31-35,40-46,49-51,67,80-81H,9,19-26,28-30,64-66H2,1-8H3,(H,68,85)(H,69,93)(H,70,95)(H,71,82)(H,72,89)(H,73,86)(H,74,92)(H,75,87)(H,76,91)(H,77,90)(H,78,88)(H,79,94)(H,83,84)(H,96,97)/t33-,34+,35-,40-,41-,42+,43-,44+,45+,46-,49+,50-,51+/m0/s1. The van der Waals surface area contributed by atoms with Crippen LogP contribution in [0.4, 0.5) is 0 Å². The molecule has 0 bridgehead atoms. The molecule has 3 rings (SSSR count). The van der Waals surface area contributed by atoms with E-state index in [4.69, 9.17) is 17.2 Å². The molecule has 0 saturated heterocycles. The molecule has 1 heterocycles. The van der Waals surface area contributed by atoms with E-state index in [1.807, 2.05) is 0 Å². The van der Waals surface area contributed by atoms with Crippen LogP contribution in [0.15, 0.2) is 60.8 Å². The Morgan fingerprint density at radius 2 is 0.907 bits per heavy atom. The Hall–Kier alpha value is -9.64. The van der Waals surface area contributed by atoms with Gasteiger partial charge in [-0.05, 0) is 81.1 Å². The van der Waals surface area contributed by atoms with Crippen molar-refractivity contribution in [3.63, 3.8) is 0 Å². The summed E-state index contributed by atoms with van der Waals surface area (Å²) in [4.78, 5) is 191. The summed E-state index contributed by atoms with van der Waals surface area (Å²) < 4.78 is 0. The number of carbonyl (C=O) groups excluding carboxylic acids is 12. The second kappa shape index (κ2) is 40.7. The maximum atomic E-state index is 14.4. The van der Waals surface area contributed by atoms with Gasteiger partial charge in [0.25, 0.3) is 0 Å². The lowest BCUT2D eigenvalue weighted by molar-refractivity contribution is -0.142. The van der Waals surface area contributed by atoms with Crippen LogP contribution in [0.3, 0.4) is 0 Å². The minimum absolute atomic E-state index is 0.242. The Morgan fingerprint density at radius 3 is 1.41 bits per heavy atom. The van der Waals surface area contributed by atoms with E-state index in [-0.39, 0.29) is 44.7 Å². The highest BCUT2D eigenvalue weighted by molar-refractivity contribution is 6.00. The van der Waals surface area contributed by atoms with Crippen LogP contribution in [-0.2, 0) is 80.0 Å². The molecule has 0 aliphatic heterocycles. The molecule has 97 heavy (non-hydrogen) atoms. The van der Waals surface area contributed by atoms with Crippen LogP contribution >= 0.6 is 0 Å². The van der Waals surface area contributed by atoms with Gasteiger partial charge in [-0.1, -0.05) is 96.5 Å². The monoisotopic (exact) mass is 1360 g/mol. The largest absolute Gasteiger partial charge is 0.481 e. The lowest BCUT2D eigenvalue weighted by Gasteiger charge is -2.30. The molecular weight excluding hydrogens is 1270 g/mol. The van der Waals surface area contributed by atoms with Gasteiger partial charge in [0, 0.05) is 36.4 Å². The Balaban J connectivity index is 1.87. The molecular formula is C63H96N16O18. The fourth-order valence-electron chi connectivity index (χ4n) is 9.56. The maximum Gasteiger partial charge on any atom is 0.325 e. The number of H-pyrrole nitrogens is 1. The molecule has 0 spiro atoms. The normalized spacial score (nSPS) is 15.2. The SMILES string of the molecule is CC[C@H](C)[C@@H](NC(=O)[C@@H](NC(=O)[C@H](CCC(=O)O)NC(=O)[C@H](Cc1ccccc1)NC(=O)[C@@H](CCN)NC(=O)[C@H](CCN)NC(=O)[C@H](CO)NC(=O)[C@@H](Cc1c[nH]c2ccccc12)NC(=O)[C@@H](CO)NC(=O)CNC(=O)[C@@H](C)NC(=O)[C@H](N)C(C)C)C(C)C)C(=O)N[C@@H](C)C(=O)O. The fraction of sp³-hybridized carbons (Fsp3) is 0.556. The molecule has 34 heteroatoms. The molecule has 536 valence electrons. The molecule has 34 nitrogen and oxygen atoms in total. The third kappa shape index (κ3) is 26.5. The Labute approximate surface area is 560 Å². The van der Waals surface area contributed by atoms with Crippen molar-refractivity contribution >= 4 is 93.7 Å². The molecule has 12 amide bonds. The molecule has 23 N–H and O–H groups in total. The van der Waals surface area contributed by atoms with Crippen molar-refractivity contribution in [1.82, 2.24) is 68.8 Å². The van der Waals surface area contributed by atoms with E-state index in [9.17, 15) is 87.5 Å². The molecule has 13 atom stereocenters. The zero-order chi connectivity index (χ0) is 72.8. The smallest absolute Gasteiger partial charge is 0.325 e. The maximum absolute atomic E-state index is 14.4. The number of aromatic nitrogens is 1. The summed E-state index contributed by atoms with van der Waals surface area (Å²) in [7, 11) is 0. The Kier molecular flexibility index (Phi) is 34.2. The average Bonchev–Trinajstić information content (AvgIpc) is 1.84. The summed E-state index contributed by atoms with van der Waals surface area (Å²) in [5.74, 6) is -15.6. The summed E-state index contributed by atoms with van der Waals surface area (Å²) in [5, 5.41) is 69.7. The van der Waals surface area contributed by atoms with Gasteiger partial charge in [0.1, 0.15) is 66.5 Å². The lowest BCUT2D eigenvalue weighted by atomic mass is 9.96. The van der Waals surface area contributed by atoms with Crippen LogP contribution in [0.25, 0.3) is 10.9 Å². The van der Waals surface area contributed by atoms with Gasteiger partial charge in [0.2, 0.25) is 70.9 Å². The van der Waals surface area contributed by atoms with Crippen LogP contribution in [0.1, 0.15) is 98.6 Å².